The fraction of sp³-hybridized carbons (Fsp3) is 0.222. The number of aromatic nitrogens is 2. The molecule has 0 fully saturated rings. The van der Waals surface area contributed by atoms with Gasteiger partial charge in [0.2, 0.25) is 0 Å². The van der Waals surface area contributed by atoms with Gasteiger partial charge >= 0.3 is 0 Å². The van der Waals surface area contributed by atoms with Crippen molar-refractivity contribution >= 4 is 38.6 Å². The summed E-state index contributed by atoms with van der Waals surface area (Å²) in [6, 6.07) is 3.03. The minimum atomic E-state index is -0.310. The Labute approximate surface area is 93.6 Å². The molecular weight excluding hydrogens is 270 g/mol. The third-order valence-electron chi connectivity index (χ3n) is 1.92. The molecule has 0 bridgehead atoms. The molecule has 14 heavy (non-hydrogen) atoms. The van der Waals surface area contributed by atoms with E-state index in [1.165, 1.54) is 6.07 Å². The summed E-state index contributed by atoms with van der Waals surface area (Å²) in [4.78, 5) is 7.19. The summed E-state index contributed by atoms with van der Waals surface area (Å²) in [6.07, 6.45) is 0. The first-order valence-corrected chi connectivity index (χ1v) is 5.29. The number of alkyl halides is 1. The average Bonchev–Trinajstić information content (AvgIpc) is 2.48. The SMILES string of the molecule is CC(Cl)c1nc2cc(Br)c(F)cc2[nH]1. The minimum absolute atomic E-state index is 0.204. The highest BCUT2D eigenvalue weighted by molar-refractivity contribution is 9.10. The van der Waals surface area contributed by atoms with Crippen LogP contribution < -0.4 is 0 Å². The number of benzene rings is 1. The monoisotopic (exact) mass is 276 g/mol. The Morgan fingerprint density at radius 2 is 2.29 bits per heavy atom. The van der Waals surface area contributed by atoms with E-state index in [0.29, 0.717) is 21.3 Å². The first kappa shape index (κ1) is 9.93. The van der Waals surface area contributed by atoms with Gasteiger partial charge in [-0.25, -0.2) is 9.37 Å². The predicted molar refractivity (Wildman–Crippen MR) is 58.0 cm³/mol. The molecule has 74 valence electrons. The van der Waals surface area contributed by atoms with Gasteiger partial charge in [-0.15, -0.1) is 11.6 Å². The lowest BCUT2D eigenvalue weighted by Gasteiger charge is -1.93. The van der Waals surface area contributed by atoms with Crippen LogP contribution in [0, 0.1) is 5.82 Å². The molecule has 1 aromatic heterocycles. The van der Waals surface area contributed by atoms with Crippen molar-refractivity contribution in [2.75, 3.05) is 0 Å². The molecule has 0 aliphatic carbocycles. The molecule has 0 saturated heterocycles. The molecule has 2 aromatic rings. The summed E-state index contributed by atoms with van der Waals surface area (Å²) in [7, 11) is 0. The van der Waals surface area contributed by atoms with Gasteiger partial charge in [0.1, 0.15) is 11.6 Å². The van der Waals surface area contributed by atoms with E-state index < -0.39 is 0 Å². The van der Waals surface area contributed by atoms with Crippen molar-refractivity contribution in [3.05, 3.63) is 28.2 Å². The van der Waals surface area contributed by atoms with E-state index in [9.17, 15) is 4.39 Å². The Kier molecular flexibility index (Phi) is 2.49. The van der Waals surface area contributed by atoms with Crippen molar-refractivity contribution in [1.82, 2.24) is 9.97 Å². The fourth-order valence-corrected chi connectivity index (χ4v) is 1.65. The van der Waals surface area contributed by atoms with Crippen LogP contribution >= 0.6 is 27.5 Å². The molecule has 5 heteroatoms. The van der Waals surface area contributed by atoms with E-state index in [1.54, 1.807) is 6.07 Å². The third-order valence-corrected chi connectivity index (χ3v) is 2.73. The predicted octanol–water partition coefficient (Wildman–Crippen LogP) is 3.76. The van der Waals surface area contributed by atoms with Crippen molar-refractivity contribution in [1.29, 1.82) is 0 Å². The fourth-order valence-electron chi connectivity index (χ4n) is 1.21. The van der Waals surface area contributed by atoms with Crippen LogP contribution in [0.3, 0.4) is 0 Å². The molecule has 1 heterocycles. The maximum atomic E-state index is 13.1. The molecule has 1 aromatic carbocycles. The van der Waals surface area contributed by atoms with E-state index in [4.69, 9.17) is 11.6 Å². The van der Waals surface area contributed by atoms with Crippen LogP contribution in [0.1, 0.15) is 18.1 Å². The highest BCUT2D eigenvalue weighted by Gasteiger charge is 2.10. The standard InChI is InChI=1S/C9H7BrClFN2/c1-4(11)9-13-7-2-5(10)6(12)3-8(7)14-9/h2-4H,1H3,(H,13,14). The van der Waals surface area contributed by atoms with Gasteiger partial charge in [-0.3, -0.25) is 0 Å². The molecule has 0 aliphatic heterocycles. The Hall–Kier alpha value is -0.610. The number of imidazole rings is 1. The zero-order chi connectivity index (χ0) is 10.3. The van der Waals surface area contributed by atoms with Crippen molar-refractivity contribution in [2.24, 2.45) is 0 Å². The number of nitrogens with zero attached hydrogens (tertiary/aromatic N) is 1. The van der Waals surface area contributed by atoms with Crippen molar-refractivity contribution < 1.29 is 4.39 Å². The quantitative estimate of drug-likeness (QED) is 0.790. The lowest BCUT2D eigenvalue weighted by Crippen LogP contribution is -1.85. The molecular formula is C9H7BrClFN2. The highest BCUT2D eigenvalue weighted by atomic mass is 79.9. The molecule has 0 aliphatic rings. The molecule has 0 amide bonds. The van der Waals surface area contributed by atoms with Gasteiger partial charge in [0.15, 0.2) is 0 Å². The Morgan fingerprint density at radius 3 is 2.93 bits per heavy atom. The van der Waals surface area contributed by atoms with Crippen LogP contribution in [0.25, 0.3) is 11.0 Å². The average molecular weight is 278 g/mol. The van der Waals surface area contributed by atoms with E-state index in [-0.39, 0.29) is 11.2 Å². The molecule has 1 N–H and O–H groups in total. The second kappa shape index (κ2) is 3.51. The summed E-state index contributed by atoms with van der Waals surface area (Å²) in [5, 5.41) is -0.204. The van der Waals surface area contributed by atoms with Crippen molar-refractivity contribution in [2.45, 2.75) is 12.3 Å². The summed E-state index contributed by atoms with van der Waals surface area (Å²) in [6.45, 7) is 1.81. The van der Waals surface area contributed by atoms with Gasteiger partial charge in [-0.05, 0) is 28.9 Å². The number of H-pyrrole nitrogens is 1. The molecule has 1 unspecified atom stereocenters. The van der Waals surface area contributed by atoms with Gasteiger partial charge in [-0.1, -0.05) is 0 Å². The second-order valence-electron chi connectivity index (χ2n) is 3.02. The first-order valence-electron chi connectivity index (χ1n) is 4.06. The second-order valence-corrected chi connectivity index (χ2v) is 4.53. The lowest BCUT2D eigenvalue weighted by molar-refractivity contribution is 0.623. The van der Waals surface area contributed by atoms with Crippen molar-refractivity contribution in [3.63, 3.8) is 0 Å². The number of fused-ring (bicyclic) bond motifs is 1. The Bertz CT molecular complexity index is 442. The number of nitrogens with one attached hydrogen (secondary N) is 1. The zero-order valence-corrected chi connectivity index (χ0v) is 9.66. The molecule has 0 radical (unpaired) electrons. The van der Waals surface area contributed by atoms with E-state index in [0.717, 1.165) is 0 Å². The Morgan fingerprint density at radius 1 is 1.57 bits per heavy atom. The number of hydrogen-bond acceptors (Lipinski definition) is 1. The molecule has 1 atom stereocenters. The van der Waals surface area contributed by atoms with E-state index >= 15 is 0 Å². The molecule has 0 spiro atoms. The number of halogens is 3. The van der Waals surface area contributed by atoms with Gasteiger partial charge in [0.25, 0.3) is 0 Å². The van der Waals surface area contributed by atoms with E-state index in [1.807, 2.05) is 6.92 Å². The summed E-state index contributed by atoms with van der Waals surface area (Å²) < 4.78 is 13.5. The van der Waals surface area contributed by atoms with Crippen molar-refractivity contribution in [3.8, 4) is 0 Å². The maximum Gasteiger partial charge on any atom is 0.139 e. The van der Waals surface area contributed by atoms with Crippen LogP contribution in [0.5, 0.6) is 0 Å². The maximum absolute atomic E-state index is 13.1. The van der Waals surface area contributed by atoms with Gasteiger partial charge in [-0.2, -0.15) is 0 Å². The Balaban J connectivity index is 2.66. The normalized spacial score (nSPS) is 13.4. The largest absolute Gasteiger partial charge is 0.341 e. The molecule has 0 saturated carbocycles. The number of rotatable bonds is 1. The van der Waals surface area contributed by atoms with Gasteiger partial charge < -0.3 is 4.98 Å². The smallest absolute Gasteiger partial charge is 0.139 e. The number of aromatic amines is 1. The molecule has 2 nitrogen and oxygen atoms in total. The lowest BCUT2D eigenvalue weighted by atomic mass is 10.3. The third kappa shape index (κ3) is 1.64. The first-order chi connectivity index (χ1) is 6.58. The highest BCUT2D eigenvalue weighted by Crippen LogP contribution is 2.24. The van der Waals surface area contributed by atoms with Crippen LogP contribution in [-0.2, 0) is 0 Å². The van der Waals surface area contributed by atoms with Gasteiger partial charge in [0, 0.05) is 6.07 Å². The van der Waals surface area contributed by atoms with Gasteiger partial charge in [0.05, 0.1) is 20.9 Å². The van der Waals surface area contributed by atoms with Crippen LogP contribution in [0.15, 0.2) is 16.6 Å². The molecule has 2 rings (SSSR count). The zero-order valence-electron chi connectivity index (χ0n) is 7.31. The minimum Gasteiger partial charge on any atom is -0.341 e. The van der Waals surface area contributed by atoms with Crippen LogP contribution in [0.2, 0.25) is 0 Å². The van der Waals surface area contributed by atoms with Crippen LogP contribution in [0.4, 0.5) is 4.39 Å². The van der Waals surface area contributed by atoms with E-state index in [2.05, 4.69) is 25.9 Å². The summed E-state index contributed by atoms with van der Waals surface area (Å²) >= 11 is 8.96. The summed E-state index contributed by atoms with van der Waals surface area (Å²) in [5.41, 5.74) is 1.37. The topological polar surface area (TPSA) is 28.7 Å². The summed E-state index contributed by atoms with van der Waals surface area (Å²) in [5.74, 6) is 0.342. The van der Waals surface area contributed by atoms with Crippen LogP contribution in [-0.4, -0.2) is 9.97 Å². The number of hydrogen-bond donors (Lipinski definition) is 1.